The summed E-state index contributed by atoms with van der Waals surface area (Å²) in [5.74, 6) is 2.05. The Morgan fingerprint density at radius 1 is 1.09 bits per heavy atom. The molecule has 1 aromatic heterocycles. The van der Waals surface area contributed by atoms with E-state index in [0.717, 1.165) is 31.5 Å². The molecular formula is C23H31N5O5. The number of methoxy groups -OCH3 is 3. The summed E-state index contributed by atoms with van der Waals surface area (Å²) in [5.41, 5.74) is 0.538. The van der Waals surface area contributed by atoms with E-state index in [2.05, 4.69) is 15.5 Å². The molecule has 33 heavy (non-hydrogen) atoms. The third-order valence-corrected chi connectivity index (χ3v) is 6.73. The summed E-state index contributed by atoms with van der Waals surface area (Å²) >= 11 is 0. The smallest absolute Gasteiger partial charge is 0.289 e. The number of likely N-dealkylation sites (tertiary alicyclic amines) is 1. The van der Waals surface area contributed by atoms with Gasteiger partial charge in [-0.25, -0.2) is 0 Å². The van der Waals surface area contributed by atoms with Gasteiger partial charge in [-0.15, -0.1) is 10.2 Å². The molecule has 1 spiro atoms. The molecule has 1 saturated heterocycles. The zero-order valence-electron chi connectivity index (χ0n) is 19.4. The monoisotopic (exact) mass is 457 g/mol. The molecule has 10 heteroatoms. The molecule has 2 aliphatic rings. The molecule has 4 rings (SSSR count). The first-order valence-corrected chi connectivity index (χ1v) is 11.2. The molecule has 1 aromatic carbocycles. The number of carbonyl (C=O) groups excluding carboxylic acids is 2. The molecule has 1 unspecified atom stereocenters. The number of fused-ring (bicyclic) bond motifs is 1. The summed E-state index contributed by atoms with van der Waals surface area (Å²) in [7, 11) is 4.73. The topological polar surface area (TPSA) is 108 Å². The molecule has 0 aliphatic carbocycles. The fourth-order valence-corrected chi connectivity index (χ4v) is 4.78. The number of hydrogen-bond acceptors (Lipinski definition) is 7. The van der Waals surface area contributed by atoms with Crippen LogP contribution in [0.2, 0.25) is 0 Å². The van der Waals surface area contributed by atoms with Crippen molar-refractivity contribution in [2.75, 3.05) is 47.6 Å². The number of rotatable bonds is 7. The molecule has 0 radical (unpaired) electrons. The average Bonchev–Trinajstić information content (AvgIpc) is 3.40. The third kappa shape index (κ3) is 4.66. The summed E-state index contributed by atoms with van der Waals surface area (Å²) < 4.78 is 17.6. The van der Waals surface area contributed by atoms with Gasteiger partial charge in [0.05, 0.1) is 26.4 Å². The second kappa shape index (κ2) is 9.78. The fourth-order valence-electron chi connectivity index (χ4n) is 4.78. The number of benzene rings is 1. The van der Waals surface area contributed by atoms with E-state index >= 15 is 0 Å². The van der Waals surface area contributed by atoms with Crippen LogP contribution >= 0.6 is 0 Å². The van der Waals surface area contributed by atoms with E-state index in [-0.39, 0.29) is 17.2 Å². The van der Waals surface area contributed by atoms with Crippen LogP contribution in [0.15, 0.2) is 18.2 Å². The van der Waals surface area contributed by atoms with Crippen LogP contribution in [0.5, 0.6) is 11.5 Å². The zero-order valence-corrected chi connectivity index (χ0v) is 19.4. The van der Waals surface area contributed by atoms with Crippen molar-refractivity contribution >= 4 is 11.8 Å². The molecule has 2 aliphatic heterocycles. The van der Waals surface area contributed by atoms with Gasteiger partial charge >= 0.3 is 0 Å². The maximum absolute atomic E-state index is 13.3. The van der Waals surface area contributed by atoms with Gasteiger partial charge in [-0.2, -0.15) is 0 Å². The van der Waals surface area contributed by atoms with Crippen molar-refractivity contribution in [3.8, 4) is 11.5 Å². The van der Waals surface area contributed by atoms with Crippen molar-refractivity contribution in [3.05, 3.63) is 35.4 Å². The van der Waals surface area contributed by atoms with Crippen LogP contribution < -0.4 is 14.8 Å². The Hall–Kier alpha value is -3.14. The highest BCUT2D eigenvalue weighted by Gasteiger charge is 2.42. The quantitative estimate of drug-likeness (QED) is 0.629. The molecule has 2 amide bonds. The highest BCUT2D eigenvalue weighted by molar-refractivity contribution is 5.97. The molecule has 1 N–H and O–H groups in total. The lowest BCUT2D eigenvalue weighted by Crippen LogP contribution is -2.33. The molecule has 0 bridgehead atoms. The normalized spacial score (nSPS) is 19.8. The van der Waals surface area contributed by atoms with E-state index in [1.807, 2.05) is 9.47 Å². The first-order valence-electron chi connectivity index (χ1n) is 11.2. The standard InChI is InChI=1S/C23H31N5O5/c1-31-13-10-24-21(29)20-26-25-19-6-7-23(9-12-28(19)20)8-11-27(15-23)22(30)17-5-4-16(32-2)14-18(17)33-3/h4-5,14H,6-13,15H2,1-3H3,(H,24,29). The Bertz CT molecular complexity index is 1020. The Kier molecular flexibility index (Phi) is 6.83. The van der Waals surface area contributed by atoms with Crippen molar-refractivity contribution in [1.29, 1.82) is 0 Å². The average molecular weight is 458 g/mol. The number of hydrogen-bond donors (Lipinski definition) is 1. The van der Waals surface area contributed by atoms with E-state index in [1.165, 1.54) is 0 Å². The minimum Gasteiger partial charge on any atom is -0.497 e. The maximum atomic E-state index is 13.3. The minimum absolute atomic E-state index is 0.000137. The highest BCUT2D eigenvalue weighted by atomic mass is 16.5. The number of aryl methyl sites for hydroxylation is 1. The van der Waals surface area contributed by atoms with Crippen molar-refractivity contribution in [2.24, 2.45) is 5.41 Å². The van der Waals surface area contributed by atoms with E-state index in [1.54, 1.807) is 39.5 Å². The van der Waals surface area contributed by atoms with E-state index in [4.69, 9.17) is 14.2 Å². The second-order valence-corrected chi connectivity index (χ2v) is 8.63. The molecule has 2 aromatic rings. The number of nitrogens with one attached hydrogen (secondary N) is 1. The van der Waals surface area contributed by atoms with E-state index < -0.39 is 0 Å². The van der Waals surface area contributed by atoms with Crippen molar-refractivity contribution in [3.63, 3.8) is 0 Å². The lowest BCUT2D eigenvalue weighted by Gasteiger charge is -2.27. The largest absolute Gasteiger partial charge is 0.497 e. The van der Waals surface area contributed by atoms with Crippen LogP contribution in [-0.4, -0.2) is 79.0 Å². The highest BCUT2D eigenvalue weighted by Crippen LogP contribution is 2.41. The van der Waals surface area contributed by atoms with Gasteiger partial charge in [-0.3, -0.25) is 9.59 Å². The third-order valence-electron chi connectivity index (χ3n) is 6.73. The summed E-state index contributed by atoms with van der Waals surface area (Å²) in [6, 6.07) is 5.27. The first kappa shape index (κ1) is 23.0. The molecular weight excluding hydrogens is 426 g/mol. The second-order valence-electron chi connectivity index (χ2n) is 8.63. The predicted molar refractivity (Wildman–Crippen MR) is 120 cm³/mol. The van der Waals surface area contributed by atoms with Crippen molar-refractivity contribution in [2.45, 2.75) is 32.2 Å². The number of carbonyl (C=O) groups is 2. The molecule has 1 fully saturated rings. The first-order chi connectivity index (χ1) is 16.0. The van der Waals surface area contributed by atoms with Crippen LogP contribution in [0.1, 0.15) is 46.1 Å². The Morgan fingerprint density at radius 2 is 1.91 bits per heavy atom. The van der Waals surface area contributed by atoms with Crippen LogP contribution in [0.25, 0.3) is 0 Å². The summed E-state index contributed by atoms with van der Waals surface area (Å²) in [6.45, 7) is 2.89. The van der Waals surface area contributed by atoms with Crippen molar-refractivity contribution in [1.82, 2.24) is 25.0 Å². The predicted octanol–water partition coefficient (Wildman–Crippen LogP) is 1.54. The van der Waals surface area contributed by atoms with Gasteiger partial charge < -0.3 is 29.0 Å². The summed E-state index contributed by atoms with van der Waals surface area (Å²) in [5, 5.41) is 11.2. The maximum Gasteiger partial charge on any atom is 0.289 e. The van der Waals surface area contributed by atoms with Gasteiger partial charge in [0.2, 0.25) is 5.82 Å². The lowest BCUT2D eigenvalue weighted by atomic mass is 9.80. The van der Waals surface area contributed by atoms with Crippen LogP contribution in [0, 0.1) is 5.41 Å². The number of nitrogens with zero attached hydrogens (tertiary/aromatic N) is 4. The van der Waals surface area contributed by atoms with Crippen LogP contribution in [0.3, 0.4) is 0 Å². The van der Waals surface area contributed by atoms with E-state index in [9.17, 15) is 9.59 Å². The van der Waals surface area contributed by atoms with E-state index in [0.29, 0.717) is 55.7 Å². The van der Waals surface area contributed by atoms with Gasteiger partial charge in [0.25, 0.3) is 11.8 Å². The summed E-state index contributed by atoms with van der Waals surface area (Å²) in [4.78, 5) is 27.7. The Balaban J connectivity index is 1.44. The molecule has 3 heterocycles. The fraction of sp³-hybridized carbons (Fsp3) is 0.565. The summed E-state index contributed by atoms with van der Waals surface area (Å²) in [6.07, 6.45) is 3.41. The molecule has 10 nitrogen and oxygen atoms in total. The number of ether oxygens (including phenoxy) is 3. The molecule has 0 saturated carbocycles. The Morgan fingerprint density at radius 3 is 2.67 bits per heavy atom. The minimum atomic E-state index is -0.239. The van der Waals surface area contributed by atoms with Crippen LogP contribution in [-0.2, 0) is 17.7 Å². The van der Waals surface area contributed by atoms with Gasteiger partial charge in [0.15, 0.2) is 0 Å². The lowest BCUT2D eigenvalue weighted by molar-refractivity contribution is 0.0763. The SMILES string of the molecule is COCCNC(=O)c1nnc2n1CCC1(CC2)CCN(C(=O)c2ccc(OC)cc2OC)C1. The molecule has 1 atom stereocenters. The zero-order chi connectivity index (χ0) is 23.4. The molecule has 178 valence electrons. The van der Waals surface area contributed by atoms with Crippen molar-refractivity contribution < 1.29 is 23.8 Å². The van der Waals surface area contributed by atoms with Gasteiger partial charge in [0, 0.05) is 45.8 Å². The Labute approximate surface area is 193 Å². The van der Waals surface area contributed by atoms with Gasteiger partial charge in [-0.05, 0) is 36.8 Å². The van der Waals surface area contributed by atoms with Gasteiger partial charge in [-0.1, -0.05) is 0 Å². The number of amides is 2. The van der Waals surface area contributed by atoms with Crippen LogP contribution in [0.4, 0.5) is 0 Å². The number of aromatic nitrogens is 3. The van der Waals surface area contributed by atoms with Gasteiger partial charge in [0.1, 0.15) is 17.3 Å².